The van der Waals surface area contributed by atoms with Crippen LogP contribution in [-0.2, 0) is 4.43 Å². The molecule has 0 saturated heterocycles. The molecule has 0 spiro atoms. The molecule has 1 N–H and O–H groups in total. The van der Waals surface area contributed by atoms with Gasteiger partial charge in [0.2, 0.25) is 0 Å². The maximum Gasteiger partial charge on any atom is 0.253 e. The van der Waals surface area contributed by atoms with Crippen LogP contribution >= 0.6 is 0 Å². The maximum absolute atomic E-state index is 5.52. The van der Waals surface area contributed by atoms with Gasteiger partial charge < -0.3 is 14.3 Å². The highest BCUT2D eigenvalue weighted by Crippen LogP contribution is 2.25. The lowest BCUT2D eigenvalue weighted by atomic mass is 10.2. The Hall–Kier alpha value is -1.62. The fraction of sp³-hybridized carbons (Fsp3) is 0.250. The third-order valence-electron chi connectivity index (χ3n) is 3.36. The van der Waals surface area contributed by atoms with Gasteiger partial charge >= 0.3 is 0 Å². The zero-order valence-electron chi connectivity index (χ0n) is 12.1. The van der Waals surface area contributed by atoms with Crippen LogP contribution < -0.4 is 9.88 Å². The van der Waals surface area contributed by atoms with Crippen LogP contribution in [-0.4, -0.2) is 29.9 Å². The van der Waals surface area contributed by atoms with Gasteiger partial charge in [-0.05, 0) is 37.4 Å². The standard InChI is InChI=1S/C16H22N2OSi/c1-17-20(19-2)14-13-18(15-9-5-3-6-10-15)16-11-7-4-8-12-16/h3-12,17,20H,13-14H2,1-2H3. The molecule has 1 unspecified atom stereocenters. The van der Waals surface area contributed by atoms with Gasteiger partial charge in [0.15, 0.2) is 0 Å². The summed E-state index contributed by atoms with van der Waals surface area (Å²) in [7, 11) is 2.49. The normalized spacial score (nSPS) is 12.1. The van der Waals surface area contributed by atoms with Crippen LogP contribution in [0, 0.1) is 0 Å². The van der Waals surface area contributed by atoms with Crippen molar-refractivity contribution in [2.45, 2.75) is 6.04 Å². The average molecular weight is 286 g/mol. The zero-order chi connectivity index (χ0) is 14.2. The summed E-state index contributed by atoms with van der Waals surface area (Å²) in [5.41, 5.74) is 2.44. The van der Waals surface area contributed by atoms with Crippen molar-refractivity contribution in [3.05, 3.63) is 60.7 Å². The summed E-state index contributed by atoms with van der Waals surface area (Å²) in [4.78, 5) is 5.64. The van der Waals surface area contributed by atoms with E-state index in [1.54, 1.807) is 7.11 Å². The molecule has 2 aromatic rings. The topological polar surface area (TPSA) is 24.5 Å². The highest BCUT2D eigenvalue weighted by atomic mass is 28.3. The van der Waals surface area contributed by atoms with Crippen molar-refractivity contribution in [1.82, 2.24) is 4.98 Å². The molecule has 20 heavy (non-hydrogen) atoms. The van der Waals surface area contributed by atoms with Gasteiger partial charge in [-0.25, -0.2) is 0 Å². The molecule has 0 fully saturated rings. The quantitative estimate of drug-likeness (QED) is 0.792. The second kappa shape index (κ2) is 7.84. The van der Waals surface area contributed by atoms with E-state index in [1.807, 2.05) is 19.2 Å². The minimum atomic E-state index is -1.29. The fourth-order valence-corrected chi connectivity index (χ4v) is 3.50. The third kappa shape index (κ3) is 3.93. The minimum absolute atomic E-state index is 0.958. The SMILES string of the molecule is CN[SiH](CCN(c1ccccc1)c1ccccc1)OC. The Morgan fingerprint density at radius 1 is 0.950 bits per heavy atom. The fourth-order valence-electron chi connectivity index (χ4n) is 2.25. The summed E-state index contributed by atoms with van der Waals surface area (Å²) in [6.07, 6.45) is 0. The molecule has 1 atom stereocenters. The summed E-state index contributed by atoms with van der Waals surface area (Å²) in [6, 6.07) is 22.1. The van der Waals surface area contributed by atoms with E-state index in [-0.39, 0.29) is 0 Å². The number of benzene rings is 2. The largest absolute Gasteiger partial charge is 0.409 e. The number of anilines is 2. The second-order valence-electron chi connectivity index (χ2n) is 4.62. The monoisotopic (exact) mass is 286 g/mol. The molecule has 0 aliphatic rings. The highest BCUT2D eigenvalue weighted by Gasteiger charge is 2.13. The van der Waals surface area contributed by atoms with Crippen molar-refractivity contribution in [1.29, 1.82) is 0 Å². The molecule has 106 valence electrons. The molecule has 0 bridgehead atoms. The summed E-state index contributed by atoms with van der Waals surface area (Å²) >= 11 is 0. The van der Waals surface area contributed by atoms with Crippen molar-refractivity contribution in [3.63, 3.8) is 0 Å². The number of hydrogen-bond donors (Lipinski definition) is 1. The molecule has 0 radical (unpaired) electrons. The molecule has 4 heteroatoms. The zero-order valence-corrected chi connectivity index (χ0v) is 13.3. The lowest BCUT2D eigenvalue weighted by molar-refractivity contribution is 0.410. The van der Waals surface area contributed by atoms with Crippen molar-refractivity contribution in [3.8, 4) is 0 Å². The van der Waals surface area contributed by atoms with Gasteiger partial charge in [-0.1, -0.05) is 36.4 Å². The van der Waals surface area contributed by atoms with Crippen molar-refractivity contribution >= 4 is 20.6 Å². The van der Waals surface area contributed by atoms with Crippen LogP contribution in [0.25, 0.3) is 0 Å². The molecular formula is C16H22N2OSi. The molecule has 3 nitrogen and oxygen atoms in total. The molecule has 0 heterocycles. The molecule has 0 aliphatic carbocycles. The number of nitrogens with one attached hydrogen (secondary N) is 1. The predicted octanol–water partition coefficient (Wildman–Crippen LogP) is 2.91. The van der Waals surface area contributed by atoms with Crippen LogP contribution in [0.2, 0.25) is 6.04 Å². The van der Waals surface area contributed by atoms with Crippen LogP contribution in [0.15, 0.2) is 60.7 Å². The number of nitrogens with zero attached hydrogens (tertiary/aromatic N) is 1. The molecule has 2 rings (SSSR count). The van der Waals surface area contributed by atoms with Gasteiger partial charge in [-0.2, -0.15) is 0 Å². The number of para-hydroxylation sites is 2. The second-order valence-corrected chi connectivity index (χ2v) is 7.23. The Kier molecular flexibility index (Phi) is 5.80. The minimum Gasteiger partial charge on any atom is -0.409 e. The Balaban J connectivity index is 2.17. The Bertz CT molecular complexity index is 449. The molecule has 0 aromatic heterocycles. The summed E-state index contributed by atoms with van der Waals surface area (Å²) < 4.78 is 5.52. The third-order valence-corrected chi connectivity index (χ3v) is 5.35. The lowest BCUT2D eigenvalue weighted by Crippen LogP contribution is -2.36. The first-order valence-electron chi connectivity index (χ1n) is 6.93. The van der Waals surface area contributed by atoms with Gasteiger partial charge in [0.25, 0.3) is 9.20 Å². The van der Waals surface area contributed by atoms with E-state index in [4.69, 9.17) is 4.43 Å². The summed E-state index contributed by atoms with van der Waals surface area (Å²) in [5.74, 6) is 0. The van der Waals surface area contributed by atoms with Crippen molar-refractivity contribution < 1.29 is 4.43 Å². The number of hydrogen-bond acceptors (Lipinski definition) is 3. The molecule has 0 amide bonds. The lowest BCUT2D eigenvalue weighted by Gasteiger charge is -2.26. The van der Waals surface area contributed by atoms with Crippen LogP contribution in [0.3, 0.4) is 0 Å². The van der Waals surface area contributed by atoms with Crippen LogP contribution in [0.4, 0.5) is 11.4 Å². The van der Waals surface area contributed by atoms with Gasteiger partial charge in [-0.3, -0.25) is 0 Å². The maximum atomic E-state index is 5.52. The van der Waals surface area contributed by atoms with Gasteiger partial charge in [0.05, 0.1) is 0 Å². The average Bonchev–Trinajstić information content (AvgIpc) is 2.53. The van der Waals surface area contributed by atoms with Crippen LogP contribution in [0.5, 0.6) is 0 Å². The first-order valence-corrected chi connectivity index (χ1v) is 8.79. The highest BCUT2D eigenvalue weighted by molar-refractivity contribution is 6.48. The first kappa shape index (κ1) is 14.8. The molecule has 0 saturated carbocycles. The van der Waals surface area contributed by atoms with E-state index in [2.05, 4.69) is 58.4 Å². The van der Waals surface area contributed by atoms with Crippen molar-refractivity contribution in [2.24, 2.45) is 0 Å². The smallest absolute Gasteiger partial charge is 0.253 e. The Labute approximate surface area is 123 Å². The van der Waals surface area contributed by atoms with Gasteiger partial charge in [0, 0.05) is 25.0 Å². The number of rotatable bonds is 7. The molecule has 2 aromatic carbocycles. The van der Waals surface area contributed by atoms with Gasteiger partial charge in [0.1, 0.15) is 0 Å². The van der Waals surface area contributed by atoms with E-state index in [0.29, 0.717) is 0 Å². The van der Waals surface area contributed by atoms with E-state index in [9.17, 15) is 0 Å². The van der Waals surface area contributed by atoms with E-state index in [0.717, 1.165) is 12.6 Å². The van der Waals surface area contributed by atoms with E-state index < -0.39 is 9.20 Å². The Morgan fingerprint density at radius 3 is 1.85 bits per heavy atom. The molecular weight excluding hydrogens is 264 g/mol. The summed E-state index contributed by atoms with van der Waals surface area (Å²) in [5, 5.41) is 0. The van der Waals surface area contributed by atoms with Crippen molar-refractivity contribution in [2.75, 3.05) is 25.6 Å². The summed E-state index contributed by atoms with van der Waals surface area (Å²) in [6.45, 7) is 0.958. The van der Waals surface area contributed by atoms with E-state index in [1.165, 1.54) is 11.4 Å². The Morgan fingerprint density at radius 2 is 1.45 bits per heavy atom. The predicted molar refractivity (Wildman–Crippen MR) is 87.9 cm³/mol. The van der Waals surface area contributed by atoms with E-state index >= 15 is 0 Å². The van der Waals surface area contributed by atoms with Gasteiger partial charge in [-0.15, -0.1) is 0 Å². The van der Waals surface area contributed by atoms with Crippen LogP contribution in [0.1, 0.15) is 0 Å². The molecule has 0 aliphatic heterocycles. The first-order chi connectivity index (χ1) is 9.85.